The van der Waals surface area contributed by atoms with E-state index in [4.69, 9.17) is 0 Å². The fourth-order valence-electron chi connectivity index (χ4n) is 2.27. The Labute approximate surface area is 102 Å². The second-order valence-electron chi connectivity index (χ2n) is 4.32. The Bertz CT molecular complexity index is 571. The highest BCUT2D eigenvalue weighted by atomic mass is 16.1. The third kappa shape index (κ3) is 1.68. The highest BCUT2D eigenvalue weighted by Crippen LogP contribution is 2.37. The minimum Gasteiger partial charge on any atom is -0.289 e. The van der Waals surface area contributed by atoms with Crippen molar-refractivity contribution < 1.29 is 4.79 Å². The molecule has 1 nitrogen and oxygen atoms in total. The molecular weight excluding hydrogens is 208 g/mol. The summed E-state index contributed by atoms with van der Waals surface area (Å²) in [5, 5.41) is 0. The second kappa shape index (κ2) is 4.17. The molecule has 0 saturated carbocycles. The summed E-state index contributed by atoms with van der Waals surface area (Å²) in [6.45, 7) is 9.85. The lowest BCUT2D eigenvalue weighted by Gasteiger charge is -2.22. The number of ketones is 1. The van der Waals surface area contributed by atoms with Gasteiger partial charge >= 0.3 is 0 Å². The van der Waals surface area contributed by atoms with Crippen molar-refractivity contribution in [2.45, 2.75) is 20.8 Å². The Kier molecular flexibility index (Phi) is 2.84. The lowest BCUT2D eigenvalue weighted by Crippen LogP contribution is -2.14. The molecule has 0 radical (unpaired) electrons. The van der Waals surface area contributed by atoms with Gasteiger partial charge in [0.25, 0.3) is 0 Å². The van der Waals surface area contributed by atoms with Crippen LogP contribution in [-0.2, 0) is 4.79 Å². The van der Waals surface area contributed by atoms with Crippen molar-refractivity contribution in [3.63, 3.8) is 0 Å². The molecule has 0 N–H and O–H groups in total. The van der Waals surface area contributed by atoms with Crippen LogP contribution in [0.2, 0.25) is 0 Å². The highest BCUT2D eigenvalue weighted by molar-refractivity contribution is 6.34. The molecule has 1 heteroatoms. The number of benzene rings is 1. The molecule has 2 rings (SSSR count). The first-order chi connectivity index (χ1) is 8.07. The Morgan fingerprint density at radius 1 is 1.24 bits per heavy atom. The summed E-state index contributed by atoms with van der Waals surface area (Å²) < 4.78 is 0. The number of allylic oxidation sites excluding steroid dienone is 5. The van der Waals surface area contributed by atoms with E-state index >= 15 is 0 Å². The lowest BCUT2D eigenvalue weighted by molar-refractivity contribution is -0.110. The van der Waals surface area contributed by atoms with Crippen molar-refractivity contribution in [2.75, 3.05) is 0 Å². The normalized spacial score (nSPS) is 16.3. The summed E-state index contributed by atoms with van der Waals surface area (Å²) in [5.74, 6) is 0.0526. The van der Waals surface area contributed by atoms with E-state index in [-0.39, 0.29) is 5.78 Å². The first-order valence-electron chi connectivity index (χ1n) is 5.75. The first-order valence-corrected chi connectivity index (χ1v) is 5.75. The van der Waals surface area contributed by atoms with Gasteiger partial charge < -0.3 is 0 Å². The van der Waals surface area contributed by atoms with E-state index in [1.54, 1.807) is 0 Å². The molecule has 0 unspecified atom stereocenters. The van der Waals surface area contributed by atoms with Crippen molar-refractivity contribution in [2.24, 2.45) is 0 Å². The number of rotatable bonds is 1. The van der Waals surface area contributed by atoms with Crippen LogP contribution in [0.5, 0.6) is 0 Å². The topological polar surface area (TPSA) is 17.1 Å². The van der Waals surface area contributed by atoms with Gasteiger partial charge in [-0.2, -0.15) is 0 Å². The average Bonchev–Trinajstić information content (AvgIpc) is 2.36. The van der Waals surface area contributed by atoms with Gasteiger partial charge in [0.1, 0.15) is 0 Å². The number of Topliss-reactive ketones (excluding diaryl/α,β-unsaturated/α-hetero) is 1. The zero-order valence-electron chi connectivity index (χ0n) is 10.5. The Hall–Kier alpha value is -1.89. The maximum atomic E-state index is 12.3. The molecule has 1 aromatic rings. The smallest absolute Gasteiger partial charge is 0.193 e. The number of hydrogen-bond donors (Lipinski definition) is 0. The van der Waals surface area contributed by atoms with E-state index in [2.05, 4.69) is 6.58 Å². The molecule has 0 aromatic heterocycles. The largest absolute Gasteiger partial charge is 0.289 e. The van der Waals surface area contributed by atoms with Crippen molar-refractivity contribution in [3.8, 4) is 0 Å². The van der Waals surface area contributed by atoms with E-state index < -0.39 is 0 Å². The van der Waals surface area contributed by atoms with Gasteiger partial charge in [-0.05, 0) is 43.0 Å². The molecule has 1 aliphatic rings. The van der Waals surface area contributed by atoms with Gasteiger partial charge in [0.15, 0.2) is 5.78 Å². The van der Waals surface area contributed by atoms with Crippen LogP contribution in [0.3, 0.4) is 0 Å². The maximum absolute atomic E-state index is 12.3. The summed E-state index contributed by atoms with van der Waals surface area (Å²) in [6.07, 6.45) is 1.97. The molecule has 0 spiro atoms. The molecule has 0 aliphatic heterocycles. The molecule has 17 heavy (non-hydrogen) atoms. The van der Waals surface area contributed by atoms with Gasteiger partial charge in [-0.1, -0.05) is 36.9 Å². The number of fused-ring (bicyclic) bond motifs is 1. The monoisotopic (exact) mass is 224 g/mol. The van der Waals surface area contributed by atoms with Crippen LogP contribution >= 0.6 is 0 Å². The molecule has 1 aromatic carbocycles. The fraction of sp³-hybridized carbons (Fsp3) is 0.188. The van der Waals surface area contributed by atoms with Crippen LogP contribution in [0.25, 0.3) is 11.1 Å². The summed E-state index contributed by atoms with van der Waals surface area (Å²) >= 11 is 0. The fourth-order valence-corrected chi connectivity index (χ4v) is 2.27. The predicted molar refractivity (Wildman–Crippen MR) is 72.5 cm³/mol. The number of hydrogen-bond acceptors (Lipinski definition) is 1. The summed E-state index contributed by atoms with van der Waals surface area (Å²) in [5.41, 5.74) is 5.55. The van der Waals surface area contributed by atoms with Crippen molar-refractivity contribution >= 4 is 16.9 Å². The number of carbonyl (C=O) groups is 1. The molecule has 0 amide bonds. The molecule has 0 fully saturated rings. The Morgan fingerprint density at radius 2 is 1.82 bits per heavy atom. The molecule has 0 atom stereocenters. The van der Waals surface area contributed by atoms with Crippen LogP contribution < -0.4 is 0 Å². The van der Waals surface area contributed by atoms with Crippen LogP contribution in [-0.4, -0.2) is 5.78 Å². The van der Waals surface area contributed by atoms with Gasteiger partial charge in [-0.3, -0.25) is 4.79 Å². The molecule has 86 valence electrons. The molecule has 1 aliphatic carbocycles. The Balaban J connectivity index is 2.77. The van der Waals surface area contributed by atoms with E-state index in [0.717, 1.165) is 27.8 Å². The van der Waals surface area contributed by atoms with Crippen molar-refractivity contribution in [1.82, 2.24) is 0 Å². The lowest BCUT2D eigenvalue weighted by atomic mass is 9.80. The van der Waals surface area contributed by atoms with E-state index in [9.17, 15) is 4.79 Å². The second-order valence-corrected chi connectivity index (χ2v) is 4.32. The molecule has 0 saturated heterocycles. The maximum Gasteiger partial charge on any atom is 0.193 e. The average molecular weight is 224 g/mol. The summed E-state index contributed by atoms with van der Waals surface area (Å²) in [4.78, 5) is 12.3. The van der Waals surface area contributed by atoms with Gasteiger partial charge in [0, 0.05) is 11.1 Å². The first kappa shape index (κ1) is 11.6. The van der Waals surface area contributed by atoms with Gasteiger partial charge in [0.05, 0.1) is 0 Å². The van der Waals surface area contributed by atoms with Crippen LogP contribution in [0.15, 0.2) is 48.1 Å². The van der Waals surface area contributed by atoms with Crippen LogP contribution in [0, 0.1) is 0 Å². The highest BCUT2D eigenvalue weighted by Gasteiger charge is 2.26. The quantitative estimate of drug-likeness (QED) is 0.658. The van der Waals surface area contributed by atoms with Gasteiger partial charge in [-0.25, -0.2) is 0 Å². The predicted octanol–water partition coefficient (Wildman–Crippen LogP) is 4.02. The minimum atomic E-state index is 0.0526. The molecule has 0 bridgehead atoms. The minimum absolute atomic E-state index is 0.0526. The van der Waals surface area contributed by atoms with Gasteiger partial charge in [-0.15, -0.1) is 0 Å². The zero-order valence-corrected chi connectivity index (χ0v) is 10.5. The zero-order chi connectivity index (χ0) is 12.6. The molecule has 0 heterocycles. The van der Waals surface area contributed by atoms with Crippen LogP contribution in [0.4, 0.5) is 0 Å². The van der Waals surface area contributed by atoms with Gasteiger partial charge in [0.2, 0.25) is 0 Å². The Morgan fingerprint density at radius 3 is 2.41 bits per heavy atom. The van der Waals surface area contributed by atoms with Crippen molar-refractivity contribution in [1.29, 1.82) is 0 Å². The standard InChI is InChI=1S/C16H16O/c1-5-10(2)15-11(3)13-8-6-7-9-14(13)12(4)16(15)17/h5-9H,4H2,1-3H3/b10-5-. The summed E-state index contributed by atoms with van der Waals surface area (Å²) in [7, 11) is 0. The number of carbonyl (C=O) groups excluding carboxylic acids is 1. The van der Waals surface area contributed by atoms with E-state index in [1.807, 2.05) is 51.1 Å². The third-order valence-electron chi connectivity index (χ3n) is 3.36. The van der Waals surface area contributed by atoms with Crippen molar-refractivity contribution in [3.05, 3.63) is 59.2 Å². The van der Waals surface area contributed by atoms with E-state index in [0.29, 0.717) is 5.57 Å². The third-order valence-corrected chi connectivity index (χ3v) is 3.36. The summed E-state index contributed by atoms with van der Waals surface area (Å²) in [6, 6.07) is 7.94. The SMILES string of the molecule is C=C1C(=O)C(/C(C)=C\C)=C(C)c2ccccc21. The molecular formula is C16H16O. The van der Waals surface area contributed by atoms with Crippen LogP contribution in [0.1, 0.15) is 31.9 Å². The van der Waals surface area contributed by atoms with E-state index in [1.165, 1.54) is 0 Å².